The highest BCUT2D eigenvalue weighted by molar-refractivity contribution is 5.94. The Kier molecular flexibility index (Phi) is 5.25. The number of piperidine rings is 4. The molecule has 0 radical (unpaired) electrons. The van der Waals surface area contributed by atoms with E-state index in [0.29, 0.717) is 49.3 Å². The number of benzene rings is 1. The zero-order valence-electron chi connectivity index (χ0n) is 17.2. The summed E-state index contributed by atoms with van der Waals surface area (Å²) in [6.07, 6.45) is 5.86. The van der Waals surface area contributed by atoms with Crippen LogP contribution in [0, 0.1) is 23.5 Å². The van der Waals surface area contributed by atoms with Crippen molar-refractivity contribution >= 4 is 11.8 Å². The Balaban J connectivity index is 1.20. The zero-order valence-corrected chi connectivity index (χ0v) is 17.2. The van der Waals surface area contributed by atoms with Crippen molar-refractivity contribution in [2.45, 2.75) is 50.6 Å². The third kappa shape index (κ3) is 3.72. The molecule has 2 bridgehead atoms. The van der Waals surface area contributed by atoms with Crippen LogP contribution in [0.4, 0.5) is 8.78 Å². The van der Waals surface area contributed by atoms with Gasteiger partial charge in [-0.3, -0.25) is 14.5 Å². The number of hydrogen-bond acceptors (Lipinski definition) is 3. The molecule has 4 aliphatic heterocycles. The molecule has 0 saturated carbocycles. The number of halogens is 2. The third-order valence-electron chi connectivity index (χ3n) is 7.59. The van der Waals surface area contributed by atoms with Crippen LogP contribution in [0.5, 0.6) is 0 Å². The predicted molar refractivity (Wildman–Crippen MR) is 108 cm³/mol. The lowest BCUT2D eigenvalue weighted by molar-refractivity contribution is -0.145. The summed E-state index contributed by atoms with van der Waals surface area (Å²) in [5.41, 5.74) is 0.0838. The Morgan fingerprint density at radius 3 is 2.43 bits per heavy atom. The van der Waals surface area contributed by atoms with E-state index in [4.69, 9.17) is 0 Å². The van der Waals surface area contributed by atoms with Crippen molar-refractivity contribution in [3.05, 3.63) is 35.4 Å². The third-order valence-corrected chi connectivity index (χ3v) is 7.59. The van der Waals surface area contributed by atoms with Crippen LogP contribution in [0.15, 0.2) is 18.2 Å². The highest BCUT2D eigenvalue weighted by atomic mass is 19.1. The van der Waals surface area contributed by atoms with Crippen molar-refractivity contribution in [1.82, 2.24) is 14.7 Å². The minimum atomic E-state index is -0.719. The molecule has 2 amide bonds. The minimum Gasteiger partial charge on any atom is -0.339 e. The van der Waals surface area contributed by atoms with Gasteiger partial charge in [-0.2, -0.15) is 0 Å². The van der Waals surface area contributed by atoms with Crippen molar-refractivity contribution in [3.8, 4) is 0 Å². The fraction of sp³-hybridized carbons (Fsp3) is 0.652. The summed E-state index contributed by atoms with van der Waals surface area (Å²) >= 11 is 0. The van der Waals surface area contributed by atoms with Gasteiger partial charge < -0.3 is 9.80 Å². The molecule has 4 saturated heterocycles. The zero-order chi connectivity index (χ0) is 20.8. The second-order valence-electron chi connectivity index (χ2n) is 9.50. The Bertz CT molecular complexity index is 819. The fourth-order valence-electron chi connectivity index (χ4n) is 6.24. The van der Waals surface area contributed by atoms with E-state index in [2.05, 4.69) is 9.80 Å². The summed E-state index contributed by atoms with van der Waals surface area (Å²) in [5, 5.41) is 0. The number of carbonyl (C=O) groups is 2. The van der Waals surface area contributed by atoms with E-state index in [1.165, 1.54) is 6.42 Å². The van der Waals surface area contributed by atoms with E-state index in [9.17, 15) is 18.4 Å². The average molecular weight is 418 g/mol. The molecule has 5 rings (SSSR count). The number of carbonyl (C=O) groups excluding carboxylic acids is 2. The van der Waals surface area contributed by atoms with E-state index < -0.39 is 11.6 Å². The Morgan fingerprint density at radius 1 is 0.967 bits per heavy atom. The molecule has 5 nitrogen and oxygen atoms in total. The standard InChI is InChI=1S/C23H29F2N3O2/c24-18-9-16(10-19(25)11-18)23(30)26-6-4-20(5-7-26)27-12-15-8-17(14-27)21-2-1-3-22(29)28(21)13-15/h9-11,15,17,20-21H,1-8,12-14H2/t15?,17?,21-/m1/s1. The first-order valence-electron chi connectivity index (χ1n) is 11.3. The Labute approximate surface area is 176 Å². The van der Waals surface area contributed by atoms with E-state index >= 15 is 0 Å². The number of rotatable bonds is 2. The molecule has 0 N–H and O–H groups in total. The molecular weight excluding hydrogens is 388 g/mol. The molecule has 162 valence electrons. The highest BCUT2D eigenvalue weighted by Gasteiger charge is 2.45. The minimum absolute atomic E-state index is 0.0838. The van der Waals surface area contributed by atoms with Crippen molar-refractivity contribution in [3.63, 3.8) is 0 Å². The number of nitrogens with zero attached hydrogens (tertiary/aromatic N) is 3. The Hall–Kier alpha value is -2.02. The first kappa shape index (κ1) is 19.9. The second kappa shape index (κ2) is 7.91. The molecular formula is C23H29F2N3O2. The lowest BCUT2D eigenvalue weighted by Crippen LogP contribution is -2.62. The van der Waals surface area contributed by atoms with Gasteiger partial charge in [0.05, 0.1) is 0 Å². The van der Waals surface area contributed by atoms with E-state index in [0.717, 1.165) is 63.5 Å². The van der Waals surface area contributed by atoms with Gasteiger partial charge in [-0.25, -0.2) is 8.78 Å². The van der Waals surface area contributed by atoms with Gasteiger partial charge in [0.1, 0.15) is 11.6 Å². The van der Waals surface area contributed by atoms with E-state index in [-0.39, 0.29) is 11.5 Å². The summed E-state index contributed by atoms with van der Waals surface area (Å²) < 4.78 is 26.9. The molecule has 1 aromatic rings. The normalized spacial score (nSPS) is 30.3. The van der Waals surface area contributed by atoms with Crippen LogP contribution >= 0.6 is 0 Å². The molecule has 0 aliphatic carbocycles. The van der Waals surface area contributed by atoms with Crippen LogP contribution < -0.4 is 0 Å². The van der Waals surface area contributed by atoms with Gasteiger partial charge in [-0.1, -0.05) is 0 Å². The molecule has 1 aromatic carbocycles. The smallest absolute Gasteiger partial charge is 0.254 e. The summed E-state index contributed by atoms with van der Waals surface area (Å²) in [6.45, 7) is 4.20. The van der Waals surface area contributed by atoms with Crippen molar-refractivity contribution in [1.29, 1.82) is 0 Å². The first-order chi connectivity index (χ1) is 14.5. The molecule has 0 spiro atoms. The maximum atomic E-state index is 13.5. The van der Waals surface area contributed by atoms with E-state index in [1.807, 2.05) is 0 Å². The van der Waals surface area contributed by atoms with Gasteiger partial charge in [0.15, 0.2) is 0 Å². The molecule has 7 heteroatoms. The number of amides is 2. The Morgan fingerprint density at radius 2 is 1.70 bits per heavy atom. The predicted octanol–water partition coefficient (Wildman–Crippen LogP) is 2.90. The van der Waals surface area contributed by atoms with Gasteiger partial charge in [-0.15, -0.1) is 0 Å². The molecule has 4 aliphatic rings. The van der Waals surface area contributed by atoms with Gasteiger partial charge in [0, 0.05) is 62.9 Å². The second-order valence-corrected chi connectivity index (χ2v) is 9.50. The first-order valence-corrected chi connectivity index (χ1v) is 11.3. The van der Waals surface area contributed by atoms with Crippen molar-refractivity contribution in [2.24, 2.45) is 11.8 Å². The lowest BCUT2D eigenvalue weighted by Gasteiger charge is -2.54. The van der Waals surface area contributed by atoms with Crippen molar-refractivity contribution in [2.75, 3.05) is 32.7 Å². The summed E-state index contributed by atoms with van der Waals surface area (Å²) in [5.74, 6) is -0.269. The van der Waals surface area contributed by atoms with Gasteiger partial charge >= 0.3 is 0 Å². The lowest BCUT2D eigenvalue weighted by atomic mass is 9.75. The number of hydrogen-bond donors (Lipinski definition) is 0. The van der Waals surface area contributed by atoms with Gasteiger partial charge in [0.25, 0.3) is 5.91 Å². The summed E-state index contributed by atoms with van der Waals surface area (Å²) in [6, 6.07) is 3.86. The monoisotopic (exact) mass is 417 g/mol. The largest absolute Gasteiger partial charge is 0.339 e. The molecule has 0 aromatic heterocycles. The van der Waals surface area contributed by atoms with Crippen LogP contribution in [0.3, 0.4) is 0 Å². The summed E-state index contributed by atoms with van der Waals surface area (Å²) in [4.78, 5) is 31.5. The highest BCUT2D eigenvalue weighted by Crippen LogP contribution is 2.39. The average Bonchev–Trinajstić information content (AvgIpc) is 2.73. The molecule has 3 atom stereocenters. The van der Waals surface area contributed by atoms with Crippen molar-refractivity contribution < 1.29 is 18.4 Å². The summed E-state index contributed by atoms with van der Waals surface area (Å²) in [7, 11) is 0. The maximum absolute atomic E-state index is 13.5. The number of fused-ring (bicyclic) bond motifs is 4. The number of likely N-dealkylation sites (tertiary alicyclic amines) is 2. The molecule has 30 heavy (non-hydrogen) atoms. The van der Waals surface area contributed by atoms with Crippen LogP contribution in [0.25, 0.3) is 0 Å². The topological polar surface area (TPSA) is 43.9 Å². The van der Waals surface area contributed by atoms with Crippen LogP contribution in [0.2, 0.25) is 0 Å². The van der Waals surface area contributed by atoms with Gasteiger partial charge in [-0.05, 0) is 56.1 Å². The van der Waals surface area contributed by atoms with Crippen LogP contribution in [-0.4, -0.2) is 71.3 Å². The molecule has 4 heterocycles. The maximum Gasteiger partial charge on any atom is 0.254 e. The SMILES string of the molecule is O=C(c1cc(F)cc(F)c1)N1CCC(N2CC3CC(C2)[C@H]2CCCC(=O)N2C3)CC1. The molecule has 4 fully saturated rings. The molecule has 2 unspecified atom stereocenters. The van der Waals surface area contributed by atoms with E-state index in [1.54, 1.807) is 4.90 Å². The van der Waals surface area contributed by atoms with Gasteiger partial charge in [0.2, 0.25) is 5.91 Å². The fourth-order valence-corrected chi connectivity index (χ4v) is 6.24. The van der Waals surface area contributed by atoms with Crippen LogP contribution in [0.1, 0.15) is 48.9 Å². The van der Waals surface area contributed by atoms with Crippen LogP contribution in [-0.2, 0) is 4.79 Å². The quantitative estimate of drug-likeness (QED) is 0.743.